The Kier molecular flexibility index (Phi) is 4.51. The lowest BCUT2D eigenvalue weighted by Crippen LogP contribution is -2.18. The summed E-state index contributed by atoms with van der Waals surface area (Å²) in [5.41, 5.74) is 0. The number of hydrogen-bond acceptors (Lipinski definition) is 7. The molecular weight excluding hydrogens is 264 g/mol. The number of carbonyl (C=O) groups excluding carboxylic acids is 1. The van der Waals surface area contributed by atoms with Crippen molar-refractivity contribution in [3.63, 3.8) is 0 Å². The molecule has 0 aromatic carbocycles. The summed E-state index contributed by atoms with van der Waals surface area (Å²) in [5.74, 6) is 0.911. The monoisotopic (exact) mass is 280 g/mol. The van der Waals surface area contributed by atoms with Gasteiger partial charge in [-0.2, -0.15) is 4.98 Å². The number of anilines is 2. The highest BCUT2D eigenvalue weighted by atomic mass is 32.1. The van der Waals surface area contributed by atoms with E-state index >= 15 is 0 Å². The van der Waals surface area contributed by atoms with Gasteiger partial charge in [-0.25, -0.2) is 4.98 Å². The third-order valence-corrected chi connectivity index (χ3v) is 3.17. The van der Waals surface area contributed by atoms with Crippen molar-refractivity contribution in [2.45, 2.75) is 13.8 Å². The fraction of sp³-hybridized carbons (Fsp3) is 0.417. The second-order valence-corrected chi connectivity index (χ2v) is 4.62. The predicted molar refractivity (Wildman–Crippen MR) is 76.7 cm³/mol. The van der Waals surface area contributed by atoms with Crippen molar-refractivity contribution in [3.8, 4) is 0 Å². The molecule has 0 aliphatic heterocycles. The highest BCUT2D eigenvalue weighted by molar-refractivity contribution is 7.16. The summed E-state index contributed by atoms with van der Waals surface area (Å²) in [5, 5.41) is 8.93. The van der Waals surface area contributed by atoms with Crippen molar-refractivity contribution >= 4 is 39.3 Å². The number of fused-ring (bicyclic) bond motifs is 1. The van der Waals surface area contributed by atoms with Crippen LogP contribution in [0, 0.1) is 0 Å². The maximum absolute atomic E-state index is 11.4. The summed E-state index contributed by atoms with van der Waals surface area (Å²) >= 11 is 1.54. The molecule has 0 unspecified atom stereocenters. The Bertz CT molecular complexity index is 570. The third-order valence-electron chi connectivity index (χ3n) is 2.37. The zero-order chi connectivity index (χ0) is 13.7. The Morgan fingerprint density at radius 2 is 2.21 bits per heavy atom. The van der Waals surface area contributed by atoms with Crippen LogP contribution in [0.5, 0.6) is 0 Å². The van der Waals surface area contributed by atoms with E-state index in [1.54, 1.807) is 6.92 Å². The Labute approximate surface area is 115 Å². The first-order valence-electron chi connectivity index (χ1n) is 6.13. The van der Waals surface area contributed by atoms with Crippen molar-refractivity contribution in [1.29, 1.82) is 0 Å². The molecule has 2 rings (SSSR count). The minimum absolute atomic E-state index is 0.0986. The molecule has 0 radical (unpaired) electrons. The Hall–Kier alpha value is -1.89. The van der Waals surface area contributed by atoms with Crippen LogP contribution < -0.4 is 10.6 Å². The van der Waals surface area contributed by atoms with E-state index in [0.717, 1.165) is 16.8 Å². The number of nitrogens with zero attached hydrogens (tertiary/aromatic N) is 2. The van der Waals surface area contributed by atoms with Crippen LogP contribution in [0.3, 0.4) is 0 Å². The highest BCUT2D eigenvalue weighted by Gasteiger charge is 2.10. The number of nitrogens with one attached hydrogen (secondary N) is 2. The number of esters is 1. The van der Waals surface area contributed by atoms with Crippen molar-refractivity contribution in [2.75, 3.05) is 30.3 Å². The number of carbonyl (C=O) groups is 1. The molecule has 0 saturated carbocycles. The van der Waals surface area contributed by atoms with Crippen LogP contribution in [0.1, 0.15) is 13.8 Å². The predicted octanol–water partition coefficient (Wildman–Crippen LogP) is 2.10. The van der Waals surface area contributed by atoms with E-state index in [0.29, 0.717) is 18.4 Å². The number of thiophene rings is 1. The largest absolute Gasteiger partial charge is 0.465 e. The molecule has 0 spiro atoms. The molecule has 0 atom stereocenters. The number of ether oxygens (including phenoxy) is 1. The molecule has 0 fully saturated rings. The summed E-state index contributed by atoms with van der Waals surface area (Å²) in [6.07, 6.45) is 0. The first-order chi connectivity index (χ1) is 9.24. The van der Waals surface area contributed by atoms with Gasteiger partial charge in [-0.1, -0.05) is 0 Å². The topological polar surface area (TPSA) is 76.1 Å². The first kappa shape index (κ1) is 13.5. The lowest BCUT2D eigenvalue weighted by Gasteiger charge is -2.08. The average molecular weight is 280 g/mol. The minimum Gasteiger partial charge on any atom is -0.465 e. The summed E-state index contributed by atoms with van der Waals surface area (Å²) < 4.78 is 4.88. The van der Waals surface area contributed by atoms with E-state index in [4.69, 9.17) is 4.74 Å². The molecule has 102 valence electrons. The summed E-state index contributed by atoms with van der Waals surface area (Å²) in [4.78, 5) is 21.0. The van der Waals surface area contributed by atoms with Gasteiger partial charge >= 0.3 is 5.97 Å². The molecule has 0 saturated heterocycles. The van der Waals surface area contributed by atoms with Crippen molar-refractivity contribution in [1.82, 2.24) is 9.97 Å². The van der Waals surface area contributed by atoms with E-state index in [1.165, 1.54) is 11.3 Å². The van der Waals surface area contributed by atoms with E-state index in [1.807, 2.05) is 18.4 Å². The summed E-state index contributed by atoms with van der Waals surface area (Å²) in [7, 11) is 0. The van der Waals surface area contributed by atoms with Crippen molar-refractivity contribution in [3.05, 3.63) is 11.4 Å². The Balaban J connectivity index is 2.19. The van der Waals surface area contributed by atoms with Crippen LogP contribution in [-0.4, -0.2) is 35.6 Å². The van der Waals surface area contributed by atoms with Crippen LogP contribution in [0.2, 0.25) is 0 Å². The van der Waals surface area contributed by atoms with E-state index in [2.05, 4.69) is 20.6 Å². The van der Waals surface area contributed by atoms with Gasteiger partial charge in [0.1, 0.15) is 17.2 Å². The molecular formula is C12H16N4O2S. The fourth-order valence-electron chi connectivity index (χ4n) is 1.60. The van der Waals surface area contributed by atoms with Crippen LogP contribution in [-0.2, 0) is 9.53 Å². The third kappa shape index (κ3) is 3.31. The molecule has 19 heavy (non-hydrogen) atoms. The highest BCUT2D eigenvalue weighted by Crippen LogP contribution is 2.26. The minimum atomic E-state index is -0.297. The Morgan fingerprint density at radius 3 is 2.95 bits per heavy atom. The molecule has 0 bridgehead atoms. The molecule has 7 heteroatoms. The van der Waals surface area contributed by atoms with Gasteiger partial charge in [0.2, 0.25) is 5.95 Å². The van der Waals surface area contributed by atoms with Gasteiger partial charge in [-0.05, 0) is 25.3 Å². The average Bonchev–Trinajstić information content (AvgIpc) is 2.85. The van der Waals surface area contributed by atoms with Gasteiger partial charge in [0.25, 0.3) is 0 Å². The Morgan fingerprint density at radius 1 is 1.37 bits per heavy atom. The molecule has 2 heterocycles. The second-order valence-electron chi connectivity index (χ2n) is 3.72. The van der Waals surface area contributed by atoms with Crippen LogP contribution >= 0.6 is 11.3 Å². The molecule has 2 aromatic rings. The molecule has 2 N–H and O–H groups in total. The fourth-order valence-corrected chi connectivity index (χ4v) is 2.36. The molecule has 2 aromatic heterocycles. The lowest BCUT2D eigenvalue weighted by atomic mass is 10.4. The van der Waals surface area contributed by atoms with E-state index in [9.17, 15) is 4.79 Å². The standard InChI is InChI=1S/C12H16N4O2S/c1-3-13-12-15-10(14-7-9(17)18-4-2)8-5-6-19-11(8)16-12/h5-6H,3-4,7H2,1-2H3,(H2,13,14,15,16). The van der Waals surface area contributed by atoms with Crippen LogP contribution in [0.15, 0.2) is 11.4 Å². The smallest absolute Gasteiger partial charge is 0.325 e. The van der Waals surface area contributed by atoms with Crippen molar-refractivity contribution < 1.29 is 9.53 Å². The lowest BCUT2D eigenvalue weighted by molar-refractivity contribution is -0.140. The second kappa shape index (κ2) is 6.33. The molecule has 0 aliphatic carbocycles. The van der Waals surface area contributed by atoms with Crippen LogP contribution in [0.4, 0.5) is 11.8 Å². The summed E-state index contributed by atoms with van der Waals surface area (Å²) in [6.45, 7) is 4.98. The zero-order valence-electron chi connectivity index (χ0n) is 10.9. The van der Waals surface area contributed by atoms with Gasteiger partial charge < -0.3 is 15.4 Å². The van der Waals surface area contributed by atoms with E-state index < -0.39 is 0 Å². The molecule has 6 nitrogen and oxygen atoms in total. The molecule has 0 amide bonds. The van der Waals surface area contributed by atoms with Crippen LogP contribution in [0.25, 0.3) is 10.2 Å². The quantitative estimate of drug-likeness (QED) is 0.789. The maximum atomic E-state index is 11.4. The van der Waals surface area contributed by atoms with Gasteiger partial charge in [0, 0.05) is 6.54 Å². The summed E-state index contributed by atoms with van der Waals surface area (Å²) in [6, 6.07) is 1.93. The number of rotatable bonds is 6. The van der Waals surface area contributed by atoms with Gasteiger partial charge in [0.15, 0.2) is 0 Å². The number of hydrogen-bond donors (Lipinski definition) is 2. The normalized spacial score (nSPS) is 10.4. The SMILES string of the molecule is CCNc1nc(NCC(=O)OCC)c2ccsc2n1. The maximum Gasteiger partial charge on any atom is 0.325 e. The van der Waals surface area contributed by atoms with E-state index in [-0.39, 0.29) is 12.5 Å². The van der Waals surface area contributed by atoms with Crippen molar-refractivity contribution in [2.24, 2.45) is 0 Å². The van der Waals surface area contributed by atoms with Gasteiger partial charge in [-0.3, -0.25) is 4.79 Å². The first-order valence-corrected chi connectivity index (χ1v) is 7.01. The molecule has 0 aliphatic rings. The van der Waals surface area contributed by atoms with Gasteiger partial charge in [-0.15, -0.1) is 11.3 Å². The number of aromatic nitrogens is 2. The van der Waals surface area contributed by atoms with Gasteiger partial charge in [0.05, 0.1) is 12.0 Å². The zero-order valence-corrected chi connectivity index (χ0v) is 11.7.